The zero-order valence-electron chi connectivity index (χ0n) is 9.23. The molecule has 0 atom stereocenters. The van der Waals surface area contributed by atoms with Crippen LogP contribution in [0.2, 0.25) is 0 Å². The van der Waals surface area contributed by atoms with Gasteiger partial charge < -0.3 is 15.0 Å². The highest BCUT2D eigenvalue weighted by molar-refractivity contribution is 7.09. The van der Waals surface area contributed by atoms with Gasteiger partial charge in [-0.05, 0) is 11.4 Å². The summed E-state index contributed by atoms with van der Waals surface area (Å²) in [6.07, 6.45) is -0.522. The van der Waals surface area contributed by atoms with E-state index >= 15 is 0 Å². The van der Waals surface area contributed by atoms with Crippen molar-refractivity contribution in [3.05, 3.63) is 22.4 Å². The molecule has 0 spiro atoms. The van der Waals surface area contributed by atoms with Crippen molar-refractivity contribution in [1.82, 2.24) is 10.2 Å². The van der Waals surface area contributed by atoms with Crippen LogP contribution in [0.4, 0.5) is 4.79 Å². The Morgan fingerprint density at radius 1 is 1.56 bits per heavy atom. The van der Waals surface area contributed by atoms with E-state index in [4.69, 9.17) is 0 Å². The molecule has 88 valence electrons. The van der Waals surface area contributed by atoms with Gasteiger partial charge in [-0.2, -0.15) is 0 Å². The van der Waals surface area contributed by atoms with Gasteiger partial charge in [0.2, 0.25) is 5.91 Å². The minimum Gasteiger partial charge on any atom is -0.453 e. The topological polar surface area (TPSA) is 58.6 Å². The van der Waals surface area contributed by atoms with Crippen molar-refractivity contribution in [3.63, 3.8) is 0 Å². The molecule has 0 aliphatic rings. The summed E-state index contributed by atoms with van der Waals surface area (Å²) in [5, 5.41) is 4.66. The van der Waals surface area contributed by atoms with Crippen LogP contribution in [-0.4, -0.2) is 37.6 Å². The first-order valence-electron chi connectivity index (χ1n) is 4.71. The molecule has 0 saturated carbocycles. The fourth-order valence-electron chi connectivity index (χ4n) is 1.09. The Balaban J connectivity index is 2.28. The Labute approximate surface area is 98.0 Å². The number of methoxy groups -OCH3 is 1. The Bertz CT molecular complexity index is 351. The maximum absolute atomic E-state index is 11.4. The van der Waals surface area contributed by atoms with E-state index in [1.807, 2.05) is 17.5 Å². The van der Waals surface area contributed by atoms with Gasteiger partial charge in [0.1, 0.15) is 6.54 Å². The predicted molar refractivity (Wildman–Crippen MR) is 61.2 cm³/mol. The molecule has 16 heavy (non-hydrogen) atoms. The first-order valence-corrected chi connectivity index (χ1v) is 5.59. The lowest BCUT2D eigenvalue weighted by Crippen LogP contribution is -2.37. The van der Waals surface area contributed by atoms with Gasteiger partial charge in [0.05, 0.1) is 13.7 Å². The molecule has 0 aliphatic carbocycles. The van der Waals surface area contributed by atoms with Crippen molar-refractivity contribution in [2.24, 2.45) is 0 Å². The summed E-state index contributed by atoms with van der Waals surface area (Å²) in [6.45, 7) is 0.490. The highest BCUT2D eigenvalue weighted by Gasteiger charge is 2.12. The number of hydrogen-bond acceptors (Lipinski definition) is 4. The molecule has 0 fully saturated rings. The van der Waals surface area contributed by atoms with Crippen molar-refractivity contribution in [2.75, 3.05) is 20.7 Å². The maximum atomic E-state index is 11.4. The van der Waals surface area contributed by atoms with Crippen molar-refractivity contribution in [3.8, 4) is 0 Å². The summed E-state index contributed by atoms with van der Waals surface area (Å²) in [5.74, 6) is -0.207. The molecule has 2 amide bonds. The third-order valence-electron chi connectivity index (χ3n) is 1.91. The monoisotopic (exact) mass is 242 g/mol. The smallest absolute Gasteiger partial charge is 0.409 e. The number of hydrogen-bond donors (Lipinski definition) is 1. The number of amides is 2. The Morgan fingerprint density at radius 3 is 2.88 bits per heavy atom. The van der Waals surface area contributed by atoms with Crippen LogP contribution >= 0.6 is 11.3 Å². The van der Waals surface area contributed by atoms with E-state index in [1.165, 1.54) is 19.1 Å². The second kappa shape index (κ2) is 6.12. The number of nitrogens with zero attached hydrogens (tertiary/aromatic N) is 1. The molecule has 0 radical (unpaired) electrons. The summed E-state index contributed by atoms with van der Waals surface area (Å²) in [4.78, 5) is 24.7. The SMILES string of the molecule is COC(=O)N(C)CC(=O)NCc1cccs1. The van der Waals surface area contributed by atoms with Gasteiger partial charge in [-0.3, -0.25) is 4.79 Å². The number of ether oxygens (including phenoxy) is 1. The minimum atomic E-state index is -0.522. The van der Waals surface area contributed by atoms with E-state index in [-0.39, 0.29) is 12.5 Å². The van der Waals surface area contributed by atoms with Crippen LogP contribution in [0.5, 0.6) is 0 Å². The van der Waals surface area contributed by atoms with E-state index in [9.17, 15) is 9.59 Å². The zero-order chi connectivity index (χ0) is 12.0. The average Bonchev–Trinajstić information content (AvgIpc) is 2.78. The van der Waals surface area contributed by atoms with Crippen LogP contribution in [0, 0.1) is 0 Å². The number of rotatable bonds is 4. The zero-order valence-corrected chi connectivity index (χ0v) is 10.0. The first kappa shape index (κ1) is 12.5. The molecule has 0 aliphatic heterocycles. The Kier molecular flexibility index (Phi) is 4.78. The quantitative estimate of drug-likeness (QED) is 0.859. The molecule has 1 rings (SSSR count). The Hall–Kier alpha value is -1.56. The molecular formula is C10H14N2O3S. The second-order valence-corrected chi connectivity index (χ2v) is 4.21. The van der Waals surface area contributed by atoms with Crippen LogP contribution < -0.4 is 5.32 Å². The average molecular weight is 242 g/mol. The summed E-state index contributed by atoms with van der Waals surface area (Å²) in [5.41, 5.74) is 0. The van der Waals surface area contributed by atoms with Crippen LogP contribution in [0.3, 0.4) is 0 Å². The van der Waals surface area contributed by atoms with E-state index < -0.39 is 6.09 Å². The third-order valence-corrected chi connectivity index (χ3v) is 2.78. The van der Waals surface area contributed by atoms with Gasteiger partial charge in [-0.1, -0.05) is 6.07 Å². The molecule has 0 unspecified atom stereocenters. The van der Waals surface area contributed by atoms with E-state index in [0.29, 0.717) is 6.54 Å². The van der Waals surface area contributed by atoms with E-state index in [1.54, 1.807) is 11.3 Å². The first-order chi connectivity index (χ1) is 7.63. The number of thiophene rings is 1. The molecule has 6 heteroatoms. The standard InChI is InChI=1S/C10H14N2O3S/c1-12(10(14)15-2)7-9(13)11-6-8-4-3-5-16-8/h3-5H,6-7H2,1-2H3,(H,11,13). The molecule has 0 saturated heterocycles. The largest absolute Gasteiger partial charge is 0.453 e. The summed E-state index contributed by atoms with van der Waals surface area (Å²) < 4.78 is 4.47. The fraction of sp³-hybridized carbons (Fsp3) is 0.400. The number of nitrogens with one attached hydrogen (secondary N) is 1. The second-order valence-electron chi connectivity index (χ2n) is 3.18. The molecule has 0 bridgehead atoms. The van der Waals surface area contributed by atoms with E-state index in [0.717, 1.165) is 4.88 Å². The summed E-state index contributed by atoms with van der Waals surface area (Å²) >= 11 is 1.57. The molecule has 5 nitrogen and oxygen atoms in total. The van der Waals surface area contributed by atoms with Gasteiger partial charge in [-0.15, -0.1) is 11.3 Å². The number of carbonyl (C=O) groups excluding carboxylic acids is 2. The van der Waals surface area contributed by atoms with Crippen molar-refractivity contribution >= 4 is 23.3 Å². The highest BCUT2D eigenvalue weighted by Crippen LogP contribution is 2.07. The summed E-state index contributed by atoms with van der Waals surface area (Å²) in [6, 6.07) is 3.86. The molecule has 1 N–H and O–H groups in total. The minimum absolute atomic E-state index is 0.00194. The van der Waals surface area contributed by atoms with Crippen LogP contribution in [-0.2, 0) is 16.1 Å². The molecule has 1 aromatic rings. The van der Waals surface area contributed by atoms with Gasteiger partial charge >= 0.3 is 6.09 Å². The lowest BCUT2D eigenvalue weighted by atomic mass is 10.4. The molecular weight excluding hydrogens is 228 g/mol. The maximum Gasteiger partial charge on any atom is 0.409 e. The normalized spacial score (nSPS) is 9.62. The van der Waals surface area contributed by atoms with Gasteiger partial charge in [-0.25, -0.2) is 4.79 Å². The predicted octanol–water partition coefficient (Wildman–Crippen LogP) is 1.06. The van der Waals surface area contributed by atoms with Gasteiger partial charge in [0.15, 0.2) is 0 Å². The summed E-state index contributed by atoms with van der Waals surface area (Å²) in [7, 11) is 2.79. The van der Waals surface area contributed by atoms with Gasteiger partial charge in [0.25, 0.3) is 0 Å². The molecule has 1 heterocycles. The highest BCUT2D eigenvalue weighted by atomic mass is 32.1. The van der Waals surface area contributed by atoms with Crippen LogP contribution in [0.25, 0.3) is 0 Å². The third kappa shape index (κ3) is 3.90. The van der Waals surface area contributed by atoms with Crippen LogP contribution in [0.15, 0.2) is 17.5 Å². The van der Waals surface area contributed by atoms with E-state index in [2.05, 4.69) is 10.1 Å². The molecule has 0 aromatic carbocycles. The lowest BCUT2D eigenvalue weighted by molar-refractivity contribution is -0.121. The van der Waals surface area contributed by atoms with Gasteiger partial charge in [0, 0.05) is 11.9 Å². The fourth-order valence-corrected chi connectivity index (χ4v) is 1.74. The van der Waals surface area contributed by atoms with Crippen molar-refractivity contribution < 1.29 is 14.3 Å². The van der Waals surface area contributed by atoms with Crippen molar-refractivity contribution in [1.29, 1.82) is 0 Å². The van der Waals surface area contributed by atoms with Crippen molar-refractivity contribution in [2.45, 2.75) is 6.54 Å². The van der Waals surface area contributed by atoms with Crippen LogP contribution in [0.1, 0.15) is 4.88 Å². The lowest BCUT2D eigenvalue weighted by Gasteiger charge is -2.14. The number of carbonyl (C=O) groups is 2. The number of likely N-dealkylation sites (N-methyl/N-ethyl adjacent to an activating group) is 1. The molecule has 1 aromatic heterocycles. The Morgan fingerprint density at radius 2 is 2.31 bits per heavy atom.